The van der Waals surface area contributed by atoms with Crippen LogP contribution in [0.25, 0.3) is 0 Å². The summed E-state index contributed by atoms with van der Waals surface area (Å²) < 4.78 is 0. The zero-order valence-electron chi connectivity index (χ0n) is 8.22. The van der Waals surface area contributed by atoms with Gasteiger partial charge >= 0.3 is 0 Å². The first-order chi connectivity index (χ1) is 6.36. The fraction of sp³-hybridized carbons (Fsp3) is 0.455. The molecule has 0 spiro atoms. The Morgan fingerprint density at radius 3 is 2.08 bits per heavy atom. The summed E-state index contributed by atoms with van der Waals surface area (Å²) in [7, 11) is 1.97. The van der Waals surface area contributed by atoms with Crippen LogP contribution in [0.2, 0.25) is 0 Å². The number of likely N-dealkylation sites (N-methyl/N-ethyl adjacent to an activating group) is 1. The van der Waals surface area contributed by atoms with Crippen molar-refractivity contribution >= 4 is 0 Å². The molecule has 0 heterocycles. The van der Waals surface area contributed by atoms with Crippen molar-refractivity contribution < 1.29 is 0 Å². The summed E-state index contributed by atoms with van der Waals surface area (Å²) in [6.07, 6.45) is 2.08. The molecular weight excluding hydrogens is 160 g/mol. The van der Waals surface area contributed by atoms with Crippen molar-refractivity contribution in [2.24, 2.45) is 5.73 Å². The van der Waals surface area contributed by atoms with Crippen molar-refractivity contribution in [3.8, 4) is 0 Å². The van der Waals surface area contributed by atoms with Crippen LogP contribution in [0.1, 0.15) is 11.1 Å². The van der Waals surface area contributed by atoms with Gasteiger partial charge in [-0.1, -0.05) is 24.3 Å². The van der Waals surface area contributed by atoms with E-state index in [1.165, 1.54) is 11.1 Å². The predicted molar refractivity (Wildman–Crippen MR) is 56.8 cm³/mol. The summed E-state index contributed by atoms with van der Waals surface area (Å²) in [5.41, 5.74) is 8.18. The van der Waals surface area contributed by atoms with Crippen LogP contribution in [-0.4, -0.2) is 20.1 Å². The third kappa shape index (κ3) is 3.57. The topological polar surface area (TPSA) is 38.0 Å². The van der Waals surface area contributed by atoms with Crippen LogP contribution >= 0.6 is 0 Å². The lowest BCUT2D eigenvalue weighted by Gasteiger charge is -2.02. The summed E-state index contributed by atoms with van der Waals surface area (Å²) in [4.78, 5) is 0. The number of nitrogens with two attached hydrogens (primary N) is 1. The van der Waals surface area contributed by atoms with Gasteiger partial charge in [0.1, 0.15) is 0 Å². The van der Waals surface area contributed by atoms with Gasteiger partial charge in [-0.25, -0.2) is 0 Å². The quantitative estimate of drug-likeness (QED) is 0.704. The predicted octanol–water partition coefficient (Wildman–Crippen LogP) is 0.950. The molecule has 0 fully saturated rings. The lowest BCUT2D eigenvalue weighted by Crippen LogP contribution is -2.10. The molecule has 0 amide bonds. The summed E-state index contributed by atoms with van der Waals surface area (Å²) in [5, 5.41) is 3.14. The molecule has 0 bridgehead atoms. The van der Waals surface area contributed by atoms with E-state index in [-0.39, 0.29) is 0 Å². The normalized spacial score (nSPS) is 10.3. The Balaban J connectivity index is 2.48. The molecule has 0 unspecified atom stereocenters. The van der Waals surface area contributed by atoms with Gasteiger partial charge in [0.05, 0.1) is 0 Å². The first-order valence-electron chi connectivity index (χ1n) is 4.79. The molecule has 13 heavy (non-hydrogen) atoms. The molecule has 1 aromatic rings. The molecule has 3 N–H and O–H groups in total. The maximum Gasteiger partial charge on any atom is -0.00114 e. The fourth-order valence-corrected chi connectivity index (χ4v) is 1.31. The van der Waals surface area contributed by atoms with Crippen LogP contribution in [0.5, 0.6) is 0 Å². The average molecular weight is 178 g/mol. The average Bonchev–Trinajstić information content (AvgIpc) is 2.17. The summed E-state index contributed by atoms with van der Waals surface area (Å²) in [6, 6.07) is 8.69. The minimum atomic E-state index is 0.732. The summed E-state index contributed by atoms with van der Waals surface area (Å²) in [5.74, 6) is 0. The number of rotatable bonds is 5. The number of hydrogen-bond acceptors (Lipinski definition) is 2. The van der Waals surface area contributed by atoms with Crippen LogP contribution in [0, 0.1) is 0 Å². The number of benzene rings is 1. The van der Waals surface area contributed by atoms with Crippen molar-refractivity contribution in [1.29, 1.82) is 0 Å². The van der Waals surface area contributed by atoms with Gasteiger partial charge in [0, 0.05) is 0 Å². The molecule has 0 aliphatic rings. The zero-order chi connectivity index (χ0) is 9.52. The largest absolute Gasteiger partial charge is 0.330 e. The Morgan fingerprint density at radius 2 is 1.62 bits per heavy atom. The van der Waals surface area contributed by atoms with Crippen molar-refractivity contribution in [2.45, 2.75) is 12.8 Å². The molecule has 0 saturated heterocycles. The van der Waals surface area contributed by atoms with Gasteiger partial charge in [-0.15, -0.1) is 0 Å². The minimum Gasteiger partial charge on any atom is -0.330 e. The van der Waals surface area contributed by atoms with Crippen LogP contribution < -0.4 is 11.1 Å². The van der Waals surface area contributed by atoms with Gasteiger partial charge in [-0.3, -0.25) is 0 Å². The molecule has 2 nitrogen and oxygen atoms in total. The molecule has 1 aromatic carbocycles. The summed E-state index contributed by atoms with van der Waals surface area (Å²) in [6.45, 7) is 1.77. The third-order valence-corrected chi connectivity index (χ3v) is 2.12. The molecule has 0 saturated carbocycles. The highest BCUT2D eigenvalue weighted by Crippen LogP contribution is 2.04. The molecule has 0 aliphatic carbocycles. The smallest absolute Gasteiger partial charge is 0.00114 e. The Hall–Kier alpha value is -0.860. The second kappa shape index (κ2) is 5.73. The van der Waals surface area contributed by atoms with E-state index in [0.717, 1.165) is 25.9 Å². The second-order valence-electron chi connectivity index (χ2n) is 3.21. The van der Waals surface area contributed by atoms with E-state index < -0.39 is 0 Å². The maximum absolute atomic E-state index is 5.47. The van der Waals surface area contributed by atoms with Crippen molar-refractivity contribution in [3.05, 3.63) is 35.4 Å². The number of nitrogens with one attached hydrogen (secondary N) is 1. The molecule has 0 atom stereocenters. The lowest BCUT2D eigenvalue weighted by molar-refractivity contribution is 0.791. The highest BCUT2D eigenvalue weighted by Gasteiger charge is 1.93. The highest BCUT2D eigenvalue weighted by molar-refractivity contribution is 5.22. The van der Waals surface area contributed by atoms with Crippen LogP contribution in [0.4, 0.5) is 0 Å². The van der Waals surface area contributed by atoms with E-state index in [0.29, 0.717) is 0 Å². The Bertz CT molecular complexity index is 228. The Labute approximate surface area is 80.1 Å². The molecule has 72 valence electrons. The van der Waals surface area contributed by atoms with Crippen LogP contribution in [-0.2, 0) is 12.8 Å². The Morgan fingerprint density at radius 1 is 1.08 bits per heavy atom. The van der Waals surface area contributed by atoms with Crippen molar-refractivity contribution in [1.82, 2.24) is 5.32 Å². The first kappa shape index (κ1) is 10.2. The van der Waals surface area contributed by atoms with Gasteiger partial charge in [0.2, 0.25) is 0 Å². The molecular formula is C11H18N2. The molecule has 2 heteroatoms. The second-order valence-corrected chi connectivity index (χ2v) is 3.21. The van der Waals surface area contributed by atoms with Gasteiger partial charge in [-0.05, 0) is 44.1 Å². The van der Waals surface area contributed by atoms with E-state index in [9.17, 15) is 0 Å². The Kier molecular flexibility index (Phi) is 4.50. The van der Waals surface area contributed by atoms with Crippen molar-refractivity contribution in [2.75, 3.05) is 20.1 Å². The van der Waals surface area contributed by atoms with E-state index in [1.54, 1.807) is 0 Å². The van der Waals surface area contributed by atoms with E-state index in [2.05, 4.69) is 29.6 Å². The van der Waals surface area contributed by atoms with Gasteiger partial charge < -0.3 is 11.1 Å². The van der Waals surface area contributed by atoms with Crippen LogP contribution in [0.15, 0.2) is 24.3 Å². The number of hydrogen-bond donors (Lipinski definition) is 2. The van der Waals surface area contributed by atoms with Gasteiger partial charge in [0.15, 0.2) is 0 Å². The van der Waals surface area contributed by atoms with Crippen molar-refractivity contribution in [3.63, 3.8) is 0 Å². The van der Waals surface area contributed by atoms with E-state index in [1.807, 2.05) is 7.05 Å². The van der Waals surface area contributed by atoms with Crippen LogP contribution in [0.3, 0.4) is 0 Å². The lowest BCUT2D eigenvalue weighted by atomic mass is 10.1. The zero-order valence-corrected chi connectivity index (χ0v) is 8.22. The minimum absolute atomic E-state index is 0.732. The molecule has 0 aliphatic heterocycles. The monoisotopic (exact) mass is 178 g/mol. The first-order valence-corrected chi connectivity index (χ1v) is 4.79. The maximum atomic E-state index is 5.47. The molecule has 0 radical (unpaired) electrons. The van der Waals surface area contributed by atoms with E-state index in [4.69, 9.17) is 5.73 Å². The molecule has 0 aromatic heterocycles. The third-order valence-electron chi connectivity index (χ3n) is 2.12. The SMILES string of the molecule is CNCCc1ccc(CCN)cc1. The van der Waals surface area contributed by atoms with Gasteiger partial charge in [-0.2, -0.15) is 0 Å². The van der Waals surface area contributed by atoms with Gasteiger partial charge in [0.25, 0.3) is 0 Å². The highest BCUT2D eigenvalue weighted by atomic mass is 14.8. The molecule has 1 rings (SSSR count). The summed E-state index contributed by atoms with van der Waals surface area (Å²) >= 11 is 0. The standard InChI is InChI=1S/C11H18N2/c1-13-9-7-11-4-2-10(3-5-11)6-8-12/h2-5,13H,6-9,12H2,1H3. The van der Waals surface area contributed by atoms with E-state index >= 15 is 0 Å². The fourth-order valence-electron chi connectivity index (χ4n) is 1.31.